The molecular weight excluding hydrogens is 228 g/mol. The van der Waals surface area contributed by atoms with E-state index in [1.165, 1.54) is 26.6 Å². The fraction of sp³-hybridized carbons (Fsp3) is 0.929. The van der Waals surface area contributed by atoms with Gasteiger partial charge in [-0.1, -0.05) is 13.8 Å². The van der Waals surface area contributed by atoms with Crippen molar-refractivity contribution in [3.05, 3.63) is 0 Å². The van der Waals surface area contributed by atoms with Gasteiger partial charge in [0.05, 0.1) is 7.11 Å². The van der Waals surface area contributed by atoms with Gasteiger partial charge in [-0.25, -0.2) is 0 Å². The van der Waals surface area contributed by atoms with E-state index < -0.39 is 0 Å². The highest BCUT2D eigenvalue weighted by Crippen LogP contribution is 2.33. The summed E-state index contributed by atoms with van der Waals surface area (Å²) in [4.78, 5) is 13.4. The molecule has 0 radical (unpaired) electrons. The molecule has 1 aliphatic rings. The highest BCUT2D eigenvalue weighted by atomic mass is 16.5. The van der Waals surface area contributed by atoms with E-state index >= 15 is 0 Å². The topological polar surface area (TPSA) is 41.6 Å². The summed E-state index contributed by atoms with van der Waals surface area (Å²) in [5, 5.41) is 3.47. The molecule has 1 saturated heterocycles. The molecule has 1 N–H and O–H groups in total. The van der Waals surface area contributed by atoms with Crippen LogP contribution in [-0.2, 0) is 9.53 Å². The van der Waals surface area contributed by atoms with Crippen molar-refractivity contribution in [2.75, 3.05) is 40.3 Å². The highest BCUT2D eigenvalue weighted by Gasteiger charge is 2.33. The van der Waals surface area contributed by atoms with Crippen molar-refractivity contribution in [2.24, 2.45) is 11.3 Å². The van der Waals surface area contributed by atoms with E-state index in [0.717, 1.165) is 25.4 Å². The molecule has 1 heterocycles. The first-order chi connectivity index (χ1) is 8.45. The van der Waals surface area contributed by atoms with Crippen molar-refractivity contribution < 1.29 is 9.53 Å². The maximum atomic E-state index is 11.0. The molecule has 0 bridgehead atoms. The Hall–Kier alpha value is -0.610. The van der Waals surface area contributed by atoms with Crippen molar-refractivity contribution in [1.29, 1.82) is 0 Å². The monoisotopic (exact) mass is 256 g/mol. The van der Waals surface area contributed by atoms with Gasteiger partial charge < -0.3 is 15.0 Å². The van der Waals surface area contributed by atoms with Crippen LogP contribution >= 0.6 is 0 Å². The number of carbonyl (C=O) groups is 1. The molecule has 1 rings (SSSR count). The summed E-state index contributed by atoms with van der Waals surface area (Å²) in [5.41, 5.74) is 0.329. The number of esters is 1. The van der Waals surface area contributed by atoms with Crippen molar-refractivity contribution in [3.8, 4) is 0 Å². The van der Waals surface area contributed by atoms with E-state index in [4.69, 9.17) is 0 Å². The van der Waals surface area contributed by atoms with E-state index in [2.05, 4.69) is 35.8 Å². The minimum atomic E-state index is -0.117. The van der Waals surface area contributed by atoms with Crippen LogP contribution in [0.15, 0.2) is 0 Å². The number of rotatable bonds is 7. The van der Waals surface area contributed by atoms with E-state index in [1.807, 2.05) is 0 Å². The van der Waals surface area contributed by atoms with Crippen LogP contribution in [0.4, 0.5) is 0 Å². The maximum Gasteiger partial charge on any atom is 0.305 e. The predicted molar refractivity (Wildman–Crippen MR) is 73.5 cm³/mol. The van der Waals surface area contributed by atoms with Gasteiger partial charge in [0.1, 0.15) is 0 Å². The average molecular weight is 256 g/mol. The molecule has 1 fully saturated rings. The second kappa shape index (κ2) is 7.10. The molecule has 18 heavy (non-hydrogen) atoms. The number of hydrogen-bond donors (Lipinski definition) is 1. The molecule has 1 atom stereocenters. The average Bonchev–Trinajstić information content (AvgIpc) is 2.75. The number of nitrogens with zero attached hydrogens (tertiary/aromatic N) is 1. The lowest BCUT2D eigenvalue weighted by Gasteiger charge is -2.32. The van der Waals surface area contributed by atoms with Gasteiger partial charge in [-0.3, -0.25) is 4.79 Å². The number of likely N-dealkylation sites (tertiary alicyclic amines) is 1. The lowest BCUT2D eigenvalue weighted by atomic mass is 9.78. The fourth-order valence-electron chi connectivity index (χ4n) is 2.59. The molecular formula is C14H28N2O2. The third kappa shape index (κ3) is 4.94. The van der Waals surface area contributed by atoms with E-state index in [9.17, 15) is 4.79 Å². The lowest BCUT2D eigenvalue weighted by molar-refractivity contribution is -0.140. The first-order valence-electron chi connectivity index (χ1n) is 6.92. The van der Waals surface area contributed by atoms with Crippen molar-refractivity contribution >= 4 is 5.97 Å². The Morgan fingerprint density at radius 1 is 1.50 bits per heavy atom. The number of carbonyl (C=O) groups excluding carboxylic acids is 1. The van der Waals surface area contributed by atoms with Gasteiger partial charge in [-0.2, -0.15) is 0 Å². The van der Waals surface area contributed by atoms with Crippen molar-refractivity contribution in [3.63, 3.8) is 0 Å². The predicted octanol–water partition coefficient (Wildman–Crippen LogP) is 1.51. The van der Waals surface area contributed by atoms with Crippen LogP contribution in [-0.4, -0.2) is 51.2 Å². The quantitative estimate of drug-likeness (QED) is 0.554. The van der Waals surface area contributed by atoms with Gasteiger partial charge >= 0.3 is 5.97 Å². The van der Waals surface area contributed by atoms with Gasteiger partial charge in [0, 0.05) is 19.5 Å². The number of hydrogen-bond acceptors (Lipinski definition) is 4. The normalized spacial score (nSPS) is 21.2. The standard InChI is InChI=1S/C14H28N2O2/c1-14(2,12-7-9-16(3)10-12)11-15-8-5-6-13(17)18-4/h12,15H,5-11H2,1-4H3. The first-order valence-corrected chi connectivity index (χ1v) is 6.92. The lowest BCUT2D eigenvalue weighted by Crippen LogP contribution is -2.37. The number of nitrogens with one attached hydrogen (secondary N) is 1. The summed E-state index contributed by atoms with van der Waals surface area (Å²) < 4.78 is 4.62. The molecule has 4 nitrogen and oxygen atoms in total. The smallest absolute Gasteiger partial charge is 0.305 e. The van der Waals surface area contributed by atoms with Crippen LogP contribution in [0.5, 0.6) is 0 Å². The Labute approximate surface area is 111 Å². The van der Waals surface area contributed by atoms with Gasteiger partial charge in [0.25, 0.3) is 0 Å². The Kier molecular flexibility index (Phi) is 6.09. The summed E-state index contributed by atoms with van der Waals surface area (Å²) in [7, 11) is 3.63. The summed E-state index contributed by atoms with van der Waals surface area (Å²) >= 11 is 0. The van der Waals surface area contributed by atoms with Crippen molar-refractivity contribution in [2.45, 2.75) is 33.1 Å². The van der Waals surface area contributed by atoms with Crippen LogP contribution in [0.25, 0.3) is 0 Å². The fourth-order valence-corrected chi connectivity index (χ4v) is 2.59. The highest BCUT2D eigenvalue weighted by molar-refractivity contribution is 5.69. The molecule has 0 aromatic carbocycles. The Morgan fingerprint density at radius 2 is 2.22 bits per heavy atom. The zero-order valence-electron chi connectivity index (χ0n) is 12.3. The van der Waals surface area contributed by atoms with Gasteiger partial charge in [0.15, 0.2) is 0 Å². The Morgan fingerprint density at radius 3 is 2.78 bits per heavy atom. The molecule has 0 saturated carbocycles. The van der Waals surface area contributed by atoms with Gasteiger partial charge in [-0.05, 0) is 44.3 Å². The second-order valence-electron chi connectivity index (χ2n) is 6.09. The van der Waals surface area contributed by atoms with E-state index in [-0.39, 0.29) is 5.97 Å². The van der Waals surface area contributed by atoms with Crippen LogP contribution in [0.2, 0.25) is 0 Å². The molecule has 4 heteroatoms. The van der Waals surface area contributed by atoms with Crippen molar-refractivity contribution in [1.82, 2.24) is 10.2 Å². The molecule has 0 amide bonds. The summed E-state index contributed by atoms with van der Waals surface area (Å²) in [6, 6.07) is 0. The number of methoxy groups -OCH3 is 1. The summed E-state index contributed by atoms with van der Waals surface area (Å²) in [5.74, 6) is 0.657. The molecule has 0 spiro atoms. The Balaban J connectivity index is 2.15. The van der Waals surface area contributed by atoms with Gasteiger partial charge in [-0.15, -0.1) is 0 Å². The van der Waals surface area contributed by atoms with E-state index in [1.54, 1.807) is 0 Å². The SMILES string of the molecule is COC(=O)CCCNCC(C)(C)C1CCN(C)C1. The number of ether oxygens (including phenoxy) is 1. The van der Waals surface area contributed by atoms with Crippen LogP contribution in [0, 0.1) is 11.3 Å². The third-order valence-electron chi connectivity index (χ3n) is 4.04. The second-order valence-corrected chi connectivity index (χ2v) is 6.09. The summed E-state index contributed by atoms with van der Waals surface area (Å²) in [6.07, 6.45) is 2.66. The molecule has 0 aromatic heterocycles. The first kappa shape index (κ1) is 15.4. The summed E-state index contributed by atoms with van der Waals surface area (Å²) in [6.45, 7) is 9.01. The minimum absolute atomic E-state index is 0.117. The van der Waals surface area contributed by atoms with Crippen LogP contribution in [0.3, 0.4) is 0 Å². The third-order valence-corrected chi connectivity index (χ3v) is 4.04. The van der Waals surface area contributed by atoms with Crippen LogP contribution < -0.4 is 5.32 Å². The molecule has 1 aliphatic heterocycles. The zero-order valence-corrected chi connectivity index (χ0v) is 12.3. The van der Waals surface area contributed by atoms with Crippen LogP contribution in [0.1, 0.15) is 33.1 Å². The zero-order chi connectivity index (χ0) is 13.6. The Bertz CT molecular complexity index is 267. The minimum Gasteiger partial charge on any atom is -0.469 e. The largest absolute Gasteiger partial charge is 0.469 e. The maximum absolute atomic E-state index is 11.0. The van der Waals surface area contributed by atoms with E-state index in [0.29, 0.717) is 11.8 Å². The molecule has 106 valence electrons. The van der Waals surface area contributed by atoms with Gasteiger partial charge in [0.2, 0.25) is 0 Å². The molecule has 0 aromatic rings. The molecule has 0 aliphatic carbocycles. The molecule has 1 unspecified atom stereocenters.